The zero-order valence-electron chi connectivity index (χ0n) is 19.3. The maximum Gasteiger partial charge on any atom is 0.254 e. The Bertz CT molecular complexity index is 1100. The smallest absolute Gasteiger partial charge is 0.254 e. The summed E-state index contributed by atoms with van der Waals surface area (Å²) >= 11 is 0. The third-order valence-corrected chi connectivity index (χ3v) is 7.81. The van der Waals surface area contributed by atoms with Crippen molar-refractivity contribution >= 4 is 27.9 Å². The van der Waals surface area contributed by atoms with Crippen molar-refractivity contribution in [2.75, 3.05) is 26.2 Å². The number of aromatic nitrogens is 2. The fraction of sp³-hybridized carbons (Fsp3) is 0.435. The molecule has 1 saturated heterocycles. The summed E-state index contributed by atoms with van der Waals surface area (Å²) in [4.78, 5) is 26.8. The van der Waals surface area contributed by atoms with E-state index in [9.17, 15) is 18.0 Å². The first kappa shape index (κ1) is 24.7. The summed E-state index contributed by atoms with van der Waals surface area (Å²) in [5.74, 6) is -0.258. The van der Waals surface area contributed by atoms with Gasteiger partial charge in [-0.15, -0.1) is 0 Å². The molecule has 178 valence electrons. The Labute approximate surface area is 195 Å². The van der Waals surface area contributed by atoms with Gasteiger partial charge in [0.1, 0.15) is 0 Å². The van der Waals surface area contributed by atoms with E-state index in [1.165, 1.54) is 16.6 Å². The van der Waals surface area contributed by atoms with Crippen molar-refractivity contribution in [3.63, 3.8) is 0 Å². The summed E-state index contributed by atoms with van der Waals surface area (Å²) in [6.07, 6.45) is 7.76. The van der Waals surface area contributed by atoms with Crippen molar-refractivity contribution in [1.82, 2.24) is 24.3 Å². The topological polar surface area (TPSA) is 105 Å². The number of piperidine rings is 1. The summed E-state index contributed by atoms with van der Waals surface area (Å²) in [6.45, 7) is 5.56. The fourth-order valence-electron chi connectivity index (χ4n) is 3.79. The molecular weight excluding hydrogens is 442 g/mol. The molecule has 9 nitrogen and oxygen atoms in total. The van der Waals surface area contributed by atoms with Gasteiger partial charge in [-0.3, -0.25) is 14.3 Å². The van der Waals surface area contributed by atoms with Gasteiger partial charge in [-0.05, 0) is 36.6 Å². The first-order chi connectivity index (χ1) is 15.7. The van der Waals surface area contributed by atoms with E-state index in [4.69, 9.17) is 0 Å². The SMILES string of the molecule is CCN(CC)S(=O)(=O)c1ccc(/C=C/C(=O)N2CCC(NC(=O)c3cnn(C)c3)CC2)cc1. The van der Waals surface area contributed by atoms with Crippen LogP contribution in [0.1, 0.15) is 42.6 Å². The molecule has 0 aliphatic carbocycles. The molecule has 0 spiro atoms. The molecule has 33 heavy (non-hydrogen) atoms. The second kappa shape index (κ2) is 10.8. The van der Waals surface area contributed by atoms with Crippen LogP contribution in [0.5, 0.6) is 0 Å². The van der Waals surface area contributed by atoms with Gasteiger partial charge in [0.15, 0.2) is 0 Å². The highest BCUT2D eigenvalue weighted by Gasteiger charge is 2.24. The van der Waals surface area contributed by atoms with Crippen LogP contribution < -0.4 is 5.32 Å². The van der Waals surface area contributed by atoms with Crippen molar-refractivity contribution in [2.24, 2.45) is 7.05 Å². The van der Waals surface area contributed by atoms with Gasteiger partial charge in [-0.25, -0.2) is 8.42 Å². The number of amides is 2. The van der Waals surface area contributed by atoms with Crippen LogP contribution in [0.4, 0.5) is 0 Å². The highest BCUT2D eigenvalue weighted by Crippen LogP contribution is 2.17. The average Bonchev–Trinajstić information content (AvgIpc) is 3.25. The maximum absolute atomic E-state index is 12.6. The number of likely N-dealkylation sites (tertiary alicyclic amines) is 1. The summed E-state index contributed by atoms with van der Waals surface area (Å²) in [5, 5.41) is 7.01. The molecule has 0 bridgehead atoms. The Balaban J connectivity index is 1.51. The van der Waals surface area contributed by atoms with Crippen molar-refractivity contribution < 1.29 is 18.0 Å². The van der Waals surface area contributed by atoms with Crippen LogP contribution in [0, 0.1) is 0 Å². The Morgan fingerprint density at radius 2 is 1.79 bits per heavy atom. The molecule has 1 aliphatic heterocycles. The van der Waals surface area contributed by atoms with Gasteiger partial charge in [0.05, 0.1) is 16.7 Å². The van der Waals surface area contributed by atoms with Gasteiger partial charge < -0.3 is 10.2 Å². The van der Waals surface area contributed by atoms with E-state index in [2.05, 4.69) is 10.4 Å². The summed E-state index contributed by atoms with van der Waals surface area (Å²) in [5.41, 5.74) is 1.27. The molecular formula is C23H31N5O4S. The van der Waals surface area contributed by atoms with Gasteiger partial charge in [-0.1, -0.05) is 26.0 Å². The lowest BCUT2D eigenvalue weighted by molar-refractivity contribution is -0.127. The zero-order valence-corrected chi connectivity index (χ0v) is 20.1. The predicted octanol–water partition coefficient (Wildman–Crippen LogP) is 1.88. The number of hydrogen-bond acceptors (Lipinski definition) is 5. The average molecular weight is 474 g/mol. The second-order valence-corrected chi connectivity index (χ2v) is 9.91. The molecule has 1 N–H and O–H groups in total. The van der Waals surface area contributed by atoms with Crippen LogP contribution in [-0.4, -0.2) is 71.4 Å². The lowest BCUT2D eigenvalue weighted by Crippen LogP contribution is -2.46. The van der Waals surface area contributed by atoms with Crippen LogP contribution in [0.3, 0.4) is 0 Å². The molecule has 1 fully saturated rings. The van der Waals surface area contributed by atoms with E-state index in [1.54, 1.807) is 67.0 Å². The van der Waals surface area contributed by atoms with E-state index in [1.807, 2.05) is 0 Å². The van der Waals surface area contributed by atoms with Crippen LogP contribution in [0.2, 0.25) is 0 Å². The minimum Gasteiger partial charge on any atom is -0.349 e. The van der Waals surface area contributed by atoms with Crippen molar-refractivity contribution in [2.45, 2.75) is 37.6 Å². The molecule has 0 atom stereocenters. The van der Waals surface area contributed by atoms with Crippen LogP contribution in [0.15, 0.2) is 47.6 Å². The van der Waals surface area contributed by atoms with Gasteiger partial charge in [0.25, 0.3) is 5.91 Å². The molecule has 0 unspecified atom stereocenters. The second-order valence-electron chi connectivity index (χ2n) is 7.97. The van der Waals surface area contributed by atoms with E-state index in [-0.39, 0.29) is 22.8 Å². The molecule has 1 aliphatic rings. The van der Waals surface area contributed by atoms with Gasteiger partial charge in [0.2, 0.25) is 15.9 Å². The van der Waals surface area contributed by atoms with E-state index in [0.29, 0.717) is 44.6 Å². The first-order valence-corrected chi connectivity index (χ1v) is 12.5. The highest BCUT2D eigenvalue weighted by atomic mass is 32.2. The summed E-state index contributed by atoms with van der Waals surface area (Å²) in [6, 6.07) is 6.54. The van der Waals surface area contributed by atoms with Crippen LogP contribution in [0.25, 0.3) is 6.08 Å². The normalized spacial score (nSPS) is 15.3. The number of benzene rings is 1. The zero-order chi connectivity index (χ0) is 24.0. The predicted molar refractivity (Wildman–Crippen MR) is 126 cm³/mol. The summed E-state index contributed by atoms with van der Waals surface area (Å²) < 4.78 is 28.1. The van der Waals surface area contributed by atoms with Crippen molar-refractivity contribution in [3.05, 3.63) is 53.9 Å². The van der Waals surface area contributed by atoms with Gasteiger partial charge in [0, 0.05) is 51.5 Å². The molecule has 2 amide bonds. The lowest BCUT2D eigenvalue weighted by atomic mass is 10.0. The standard InChI is InChI=1S/C23H31N5O4S/c1-4-28(5-2)33(31,32)21-9-6-18(7-10-21)8-11-22(29)27-14-12-20(13-15-27)25-23(30)19-16-24-26(3)17-19/h6-11,16-17,20H,4-5,12-15H2,1-3H3,(H,25,30)/b11-8+. The third-order valence-electron chi connectivity index (χ3n) is 5.75. The summed E-state index contributed by atoms with van der Waals surface area (Å²) in [7, 11) is -1.74. The molecule has 1 aromatic carbocycles. The fourth-order valence-corrected chi connectivity index (χ4v) is 5.25. The number of carbonyl (C=O) groups is 2. The minimum atomic E-state index is -3.50. The quantitative estimate of drug-likeness (QED) is 0.590. The number of carbonyl (C=O) groups excluding carboxylic acids is 2. The van der Waals surface area contributed by atoms with E-state index < -0.39 is 10.0 Å². The maximum atomic E-state index is 12.6. The lowest BCUT2D eigenvalue weighted by Gasteiger charge is -2.31. The van der Waals surface area contributed by atoms with Crippen molar-refractivity contribution in [3.8, 4) is 0 Å². The minimum absolute atomic E-state index is 0.0195. The molecule has 0 saturated carbocycles. The molecule has 3 rings (SSSR count). The van der Waals surface area contributed by atoms with Crippen LogP contribution >= 0.6 is 0 Å². The number of rotatable bonds is 8. The Morgan fingerprint density at radius 3 is 2.33 bits per heavy atom. The molecule has 2 heterocycles. The van der Waals surface area contributed by atoms with E-state index in [0.717, 1.165) is 5.56 Å². The van der Waals surface area contributed by atoms with Crippen molar-refractivity contribution in [1.29, 1.82) is 0 Å². The Hall–Kier alpha value is -2.98. The van der Waals surface area contributed by atoms with Gasteiger partial charge in [-0.2, -0.15) is 9.40 Å². The van der Waals surface area contributed by atoms with Crippen LogP contribution in [-0.2, 0) is 21.9 Å². The first-order valence-electron chi connectivity index (χ1n) is 11.1. The number of nitrogens with one attached hydrogen (secondary N) is 1. The molecule has 0 radical (unpaired) electrons. The molecule has 2 aromatic rings. The van der Waals surface area contributed by atoms with E-state index >= 15 is 0 Å². The Morgan fingerprint density at radius 1 is 1.15 bits per heavy atom. The third kappa shape index (κ3) is 6.08. The van der Waals surface area contributed by atoms with Gasteiger partial charge >= 0.3 is 0 Å². The largest absolute Gasteiger partial charge is 0.349 e. The number of aryl methyl sites for hydroxylation is 1. The highest BCUT2D eigenvalue weighted by molar-refractivity contribution is 7.89. The monoisotopic (exact) mass is 473 g/mol. The number of sulfonamides is 1. The molecule has 1 aromatic heterocycles. The molecule has 10 heteroatoms. The Kier molecular flexibility index (Phi) is 8.04. The number of hydrogen-bond donors (Lipinski definition) is 1. The number of nitrogens with zero attached hydrogens (tertiary/aromatic N) is 4.